The van der Waals surface area contributed by atoms with Gasteiger partial charge in [0.1, 0.15) is 17.6 Å². The Morgan fingerprint density at radius 2 is 2.11 bits per heavy atom. The molecule has 0 N–H and O–H groups in total. The van der Waals surface area contributed by atoms with Crippen molar-refractivity contribution in [3.05, 3.63) is 27.7 Å². The largest absolute Gasteiger partial charge is 0.492 e. The molecule has 5 heteroatoms. The van der Waals surface area contributed by atoms with Gasteiger partial charge in [0.15, 0.2) is 0 Å². The zero-order valence-corrected chi connectivity index (χ0v) is 12.7. The molecular weight excluding hydrogens is 285 g/mol. The van der Waals surface area contributed by atoms with Crippen LogP contribution in [0.5, 0.6) is 5.75 Å². The number of rotatable bonds is 4. The van der Waals surface area contributed by atoms with Gasteiger partial charge in [-0.2, -0.15) is 0 Å². The van der Waals surface area contributed by atoms with Gasteiger partial charge >= 0.3 is 0 Å². The summed E-state index contributed by atoms with van der Waals surface area (Å²) in [4.78, 5) is 5.27. The highest BCUT2D eigenvalue weighted by Gasteiger charge is 2.36. The molecule has 0 saturated heterocycles. The molecule has 1 aliphatic heterocycles. The Morgan fingerprint density at radius 3 is 2.68 bits per heavy atom. The molecule has 103 valence electrons. The fraction of sp³-hybridized carbons (Fsp3) is 0.500. The summed E-state index contributed by atoms with van der Waals surface area (Å²) in [5.74, 6) is 0.663. The van der Waals surface area contributed by atoms with Gasteiger partial charge < -0.3 is 9.57 Å². The highest BCUT2D eigenvalue weighted by Crippen LogP contribution is 2.35. The van der Waals surface area contributed by atoms with Crippen LogP contribution >= 0.6 is 23.2 Å². The molecule has 0 amide bonds. The monoisotopic (exact) mass is 300 g/mol. The van der Waals surface area contributed by atoms with E-state index in [0.29, 0.717) is 28.8 Å². The van der Waals surface area contributed by atoms with E-state index < -0.39 is 0 Å². The molecule has 0 aromatic heterocycles. The fourth-order valence-corrected chi connectivity index (χ4v) is 2.40. The molecular formula is C14H16Cl2NO2. The van der Waals surface area contributed by atoms with Crippen LogP contribution < -0.4 is 4.74 Å². The first-order chi connectivity index (χ1) is 8.94. The molecule has 1 unspecified atom stereocenters. The molecule has 1 radical (unpaired) electrons. The van der Waals surface area contributed by atoms with Crippen LogP contribution in [0.25, 0.3) is 0 Å². The van der Waals surface area contributed by atoms with E-state index in [4.69, 9.17) is 32.8 Å². The summed E-state index contributed by atoms with van der Waals surface area (Å²) in [6, 6.07) is 3.59. The van der Waals surface area contributed by atoms with Crippen molar-refractivity contribution in [2.75, 3.05) is 6.61 Å². The highest BCUT2D eigenvalue weighted by molar-refractivity contribution is 6.34. The van der Waals surface area contributed by atoms with Crippen molar-refractivity contribution in [2.45, 2.75) is 32.8 Å². The number of hydrogen-bond acceptors (Lipinski definition) is 3. The molecule has 1 heterocycles. The molecule has 0 aliphatic carbocycles. The number of ether oxygens (including phenoxy) is 1. The number of nitrogens with zero attached hydrogens (tertiary/aromatic N) is 1. The van der Waals surface area contributed by atoms with E-state index in [9.17, 15) is 0 Å². The maximum atomic E-state index is 6.27. The van der Waals surface area contributed by atoms with Crippen molar-refractivity contribution in [3.63, 3.8) is 0 Å². The van der Waals surface area contributed by atoms with Crippen molar-refractivity contribution in [3.8, 4) is 5.75 Å². The van der Waals surface area contributed by atoms with Gasteiger partial charge in [-0.1, -0.05) is 28.4 Å². The molecule has 19 heavy (non-hydrogen) atoms. The van der Waals surface area contributed by atoms with Crippen molar-refractivity contribution >= 4 is 29.4 Å². The van der Waals surface area contributed by atoms with E-state index >= 15 is 0 Å². The number of benzene rings is 1. The summed E-state index contributed by atoms with van der Waals surface area (Å²) in [6.07, 6.45) is 3.63. The van der Waals surface area contributed by atoms with Crippen molar-refractivity contribution in [2.24, 2.45) is 11.1 Å². The lowest BCUT2D eigenvalue weighted by molar-refractivity contribution is -0.0141. The SMILES string of the molecule is CCOc1cc(Cl)c(CC2[C]=NOC2(C)C)cc1Cl. The van der Waals surface area contributed by atoms with Crippen molar-refractivity contribution in [1.82, 2.24) is 0 Å². The maximum absolute atomic E-state index is 6.27. The van der Waals surface area contributed by atoms with Gasteiger partial charge in [0.05, 0.1) is 17.5 Å². The predicted molar refractivity (Wildman–Crippen MR) is 77.4 cm³/mol. The molecule has 2 rings (SSSR count). The summed E-state index contributed by atoms with van der Waals surface area (Å²) >= 11 is 12.4. The van der Waals surface area contributed by atoms with E-state index in [0.717, 1.165) is 5.56 Å². The topological polar surface area (TPSA) is 30.8 Å². The van der Waals surface area contributed by atoms with Crippen molar-refractivity contribution < 1.29 is 9.57 Å². The molecule has 0 saturated carbocycles. The normalized spacial score (nSPS) is 20.4. The first-order valence-electron chi connectivity index (χ1n) is 6.18. The minimum atomic E-state index is -0.367. The van der Waals surface area contributed by atoms with Crippen LogP contribution in [0.4, 0.5) is 0 Å². The van der Waals surface area contributed by atoms with Crippen LogP contribution in [-0.2, 0) is 11.3 Å². The number of halogens is 2. The minimum absolute atomic E-state index is 0.0546. The summed E-state index contributed by atoms with van der Waals surface area (Å²) < 4.78 is 5.41. The zero-order valence-electron chi connectivity index (χ0n) is 11.2. The average molecular weight is 301 g/mol. The van der Waals surface area contributed by atoms with Crippen LogP contribution in [0.1, 0.15) is 26.3 Å². The van der Waals surface area contributed by atoms with Crippen LogP contribution in [-0.4, -0.2) is 18.4 Å². The lowest BCUT2D eigenvalue weighted by atomic mass is 9.87. The molecule has 1 aromatic rings. The standard InChI is InChI=1S/C14H16Cl2NO2/c1-4-18-13-7-11(15)9(6-12(13)16)5-10-8-17-19-14(10,2)3/h6-7,10H,4-5H2,1-3H3. The van der Waals surface area contributed by atoms with Gasteiger partial charge in [-0.05, 0) is 38.8 Å². The Hall–Kier alpha value is -0.930. The first kappa shape index (κ1) is 14.5. The Kier molecular flexibility index (Phi) is 4.26. The Bertz CT molecular complexity index is 500. The molecule has 1 aromatic carbocycles. The molecule has 3 nitrogen and oxygen atoms in total. The summed E-state index contributed by atoms with van der Waals surface area (Å²) in [5.41, 5.74) is 0.579. The Balaban J connectivity index is 2.22. The fourth-order valence-electron chi connectivity index (χ4n) is 1.93. The second-order valence-corrected chi connectivity index (χ2v) is 5.79. The van der Waals surface area contributed by atoms with Gasteiger partial charge in [0, 0.05) is 11.1 Å². The first-order valence-corrected chi connectivity index (χ1v) is 6.94. The quantitative estimate of drug-likeness (QED) is 0.833. The van der Waals surface area contributed by atoms with Gasteiger partial charge in [-0.15, -0.1) is 0 Å². The molecule has 0 bridgehead atoms. The summed E-state index contributed by atoms with van der Waals surface area (Å²) in [7, 11) is 0. The van der Waals surface area contributed by atoms with Crippen LogP contribution in [0.2, 0.25) is 10.0 Å². The third-order valence-corrected chi connectivity index (χ3v) is 3.80. The van der Waals surface area contributed by atoms with Gasteiger partial charge in [0.25, 0.3) is 0 Å². The lowest BCUT2D eigenvalue weighted by Crippen LogP contribution is -2.30. The molecule has 1 aliphatic rings. The van der Waals surface area contributed by atoms with Crippen LogP contribution in [0.3, 0.4) is 0 Å². The molecule has 0 fully saturated rings. The third-order valence-electron chi connectivity index (χ3n) is 3.15. The van der Waals surface area contributed by atoms with E-state index in [1.54, 1.807) is 6.07 Å². The van der Waals surface area contributed by atoms with Crippen molar-refractivity contribution in [1.29, 1.82) is 0 Å². The Morgan fingerprint density at radius 1 is 1.37 bits per heavy atom. The summed E-state index contributed by atoms with van der Waals surface area (Å²) in [5, 5.41) is 4.96. The molecule has 0 spiro atoms. The predicted octanol–water partition coefficient (Wildman–Crippen LogP) is 4.22. The Labute approximate surface area is 123 Å². The lowest BCUT2D eigenvalue weighted by Gasteiger charge is -2.23. The van der Waals surface area contributed by atoms with Gasteiger partial charge in [0.2, 0.25) is 0 Å². The maximum Gasteiger partial charge on any atom is 0.141 e. The average Bonchev–Trinajstić information content (AvgIpc) is 2.65. The van der Waals surface area contributed by atoms with E-state index in [-0.39, 0.29) is 11.5 Å². The van der Waals surface area contributed by atoms with E-state index in [1.165, 1.54) is 0 Å². The molecule has 1 atom stereocenters. The smallest absolute Gasteiger partial charge is 0.141 e. The van der Waals surface area contributed by atoms with Crippen LogP contribution in [0, 0.1) is 5.92 Å². The second-order valence-electron chi connectivity index (χ2n) is 4.98. The van der Waals surface area contributed by atoms with E-state index in [2.05, 4.69) is 11.4 Å². The van der Waals surface area contributed by atoms with Gasteiger partial charge in [-0.3, -0.25) is 0 Å². The number of hydrogen-bond donors (Lipinski definition) is 0. The minimum Gasteiger partial charge on any atom is -0.492 e. The third kappa shape index (κ3) is 3.15. The summed E-state index contributed by atoms with van der Waals surface area (Å²) in [6.45, 7) is 6.41. The van der Waals surface area contributed by atoms with Crippen LogP contribution in [0.15, 0.2) is 17.3 Å². The highest BCUT2D eigenvalue weighted by atomic mass is 35.5. The second kappa shape index (κ2) is 5.59. The van der Waals surface area contributed by atoms with Gasteiger partial charge in [-0.25, -0.2) is 0 Å². The zero-order chi connectivity index (χ0) is 14.0. The van der Waals surface area contributed by atoms with E-state index in [1.807, 2.05) is 26.8 Å².